The highest BCUT2D eigenvalue weighted by molar-refractivity contribution is 5.94. The molecule has 2 aliphatic rings. The van der Waals surface area contributed by atoms with Crippen molar-refractivity contribution in [2.24, 2.45) is 0 Å². The Kier molecular flexibility index (Phi) is 3.45. The van der Waals surface area contributed by atoms with Crippen LogP contribution < -0.4 is 10.1 Å². The van der Waals surface area contributed by atoms with E-state index in [-0.39, 0.29) is 12.1 Å². The lowest BCUT2D eigenvalue weighted by molar-refractivity contribution is 0.0753. The first-order valence-electron chi connectivity index (χ1n) is 7.90. The number of amides is 1. The molecule has 6 heteroatoms. The van der Waals surface area contributed by atoms with E-state index in [1.165, 1.54) is 23.5 Å². The van der Waals surface area contributed by atoms with Crippen molar-refractivity contribution in [2.45, 2.75) is 19.5 Å². The molecule has 2 aliphatic heterocycles. The van der Waals surface area contributed by atoms with E-state index in [0.717, 1.165) is 23.4 Å². The first-order valence-corrected chi connectivity index (χ1v) is 7.90. The maximum absolute atomic E-state index is 12.8. The van der Waals surface area contributed by atoms with E-state index in [4.69, 9.17) is 4.74 Å². The molecule has 1 fully saturated rings. The van der Waals surface area contributed by atoms with Crippen LogP contribution in [0.5, 0.6) is 5.75 Å². The number of benzene rings is 1. The fraction of sp³-hybridized carbons (Fsp3) is 0.278. The second-order valence-electron chi connectivity index (χ2n) is 5.98. The largest absolute Gasteiger partial charge is 0.495 e. The number of carbonyl (C=O) groups excluding carboxylic acids is 1. The number of carbonyl (C=O) groups is 1. The maximum atomic E-state index is 12.8. The summed E-state index contributed by atoms with van der Waals surface area (Å²) in [4.78, 5) is 22.7. The van der Waals surface area contributed by atoms with Gasteiger partial charge in [-0.2, -0.15) is 0 Å². The first kappa shape index (κ1) is 14.7. The topological polar surface area (TPSA) is 67.3 Å². The molecule has 2 aromatic rings. The number of hydrogen-bond acceptors (Lipinski definition) is 5. The number of ether oxygens (including phenoxy) is 1. The van der Waals surface area contributed by atoms with Crippen LogP contribution in [0.1, 0.15) is 28.0 Å². The van der Waals surface area contributed by atoms with E-state index in [2.05, 4.69) is 28.3 Å². The average Bonchev–Trinajstić information content (AvgIpc) is 3.04. The monoisotopic (exact) mass is 322 g/mol. The van der Waals surface area contributed by atoms with Crippen LogP contribution in [-0.4, -0.2) is 40.6 Å². The number of fused-ring (bicyclic) bond motifs is 2. The molecule has 0 saturated carbocycles. The molecule has 24 heavy (non-hydrogen) atoms. The second kappa shape index (κ2) is 5.63. The Balaban J connectivity index is 1.70. The fourth-order valence-corrected chi connectivity index (χ4v) is 3.34. The minimum atomic E-state index is -0.164. The highest BCUT2D eigenvalue weighted by Crippen LogP contribution is 2.40. The van der Waals surface area contributed by atoms with Crippen LogP contribution in [-0.2, 0) is 0 Å². The van der Waals surface area contributed by atoms with E-state index < -0.39 is 0 Å². The van der Waals surface area contributed by atoms with E-state index in [1.807, 2.05) is 12.1 Å². The molecular formula is C18H18N4O2. The molecule has 3 heterocycles. The second-order valence-corrected chi connectivity index (χ2v) is 5.98. The van der Waals surface area contributed by atoms with Crippen molar-refractivity contribution < 1.29 is 9.53 Å². The number of aryl methyl sites for hydroxylation is 1. The number of aromatic nitrogens is 2. The van der Waals surface area contributed by atoms with E-state index in [1.54, 1.807) is 18.2 Å². The van der Waals surface area contributed by atoms with Gasteiger partial charge in [0.2, 0.25) is 0 Å². The standard InChI is InChI=1S/C18H18N4O2/c1-11-3-4-15(24-2)16-13(11)9-12-5-8-22(17(12)21-16)18(23)14-10-19-6-7-20-14/h3-4,6-7,9-10,17,21H,5,8H2,1-2H3. The SMILES string of the molecule is COc1ccc(C)c2c1NC1C(=C2)CCN1C(=O)c1cnccn1. The lowest BCUT2D eigenvalue weighted by atomic mass is 9.97. The van der Waals surface area contributed by atoms with Gasteiger partial charge in [-0.15, -0.1) is 0 Å². The van der Waals surface area contributed by atoms with Crippen molar-refractivity contribution in [3.05, 3.63) is 53.1 Å². The van der Waals surface area contributed by atoms with Gasteiger partial charge < -0.3 is 15.0 Å². The van der Waals surface area contributed by atoms with Gasteiger partial charge in [0.25, 0.3) is 5.91 Å². The van der Waals surface area contributed by atoms with Gasteiger partial charge in [0.05, 0.1) is 19.0 Å². The smallest absolute Gasteiger partial charge is 0.275 e. The third-order valence-corrected chi connectivity index (χ3v) is 4.60. The molecule has 0 radical (unpaired) electrons. The van der Waals surface area contributed by atoms with Crippen molar-refractivity contribution >= 4 is 17.7 Å². The number of rotatable bonds is 2. The number of hydrogen-bond donors (Lipinski definition) is 1. The van der Waals surface area contributed by atoms with Crippen LogP contribution in [0.2, 0.25) is 0 Å². The highest BCUT2D eigenvalue weighted by atomic mass is 16.5. The Morgan fingerprint density at radius 1 is 1.38 bits per heavy atom. The van der Waals surface area contributed by atoms with Gasteiger partial charge in [0.15, 0.2) is 0 Å². The molecule has 1 aromatic carbocycles. The van der Waals surface area contributed by atoms with Crippen molar-refractivity contribution in [3.63, 3.8) is 0 Å². The predicted molar refractivity (Wildman–Crippen MR) is 90.8 cm³/mol. The molecule has 0 bridgehead atoms. The molecule has 6 nitrogen and oxygen atoms in total. The molecule has 0 aliphatic carbocycles. The lowest BCUT2D eigenvalue weighted by Crippen LogP contribution is -2.42. The van der Waals surface area contributed by atoms with Gasteiger partial charge in [0, 0.05) is 24.5 Å². The van der Waals surface area contributed by atoms with Crippen LogP contribution in [0.3, 0.4) is 0 Å². The Morgan fingerprint density at radius 3 is 3.00 bits per heavy atom. The number of methoxy groups -OCH3 is 1. The minimum absolute atomic E-state index is 0.112. The quantitative estimate of drug-likeness (QED) is 0.920. The molecule has 1 saturated heterocycles. The molecule has 4 rings (SSSR count). The Labute approximate surface area is 140 Å². The van der Waals surface area contributed by atoms with Gasteiger partial charge >= 0.3 is 0 Å². The van der Waals surface area contributed by atoms with Gasteiger partial charge in [0.1, 0.15) is 17.6 Å². The van der Waals surface area contributed by atoms with Gasteiger partial charge in [-0.05, 0) is 36.6 Å². The van der Waals surface area contributed by atoms with Gasteiger partial charge in [-0.3, -0.25) is 9.78 Å². The Morgan fingerprint density at radius 2 is 2.25 bits per heavy atom. The lowest BCUT2D eigenvalue weighted by Gasteiger charge is -2.31. The molecule has 1 amide bonds. The van der Waals surface area contributed by atoms with Crippen LogP contribution in [0.15, 0.2) is 36.3 Å². The number of nitrogens with one attached hydrogen (secondary N) is 1. The molecule has 1 N–H and O–H groups in total. The normalized spacial score (nSPS) is 18.3. The zero-order chi connectivity index (χ0) is 16.7. The summed E-state index contributed by atoms with van der Waals surface area (Å²) in [5.41, 5.74) is 4.82. The van der Waals surface area contributed by atoms with Crippen molar-refractivity contribution in [1.29, 1.82) is 0 Å². The molecular weight excluding hydrogens is 304 g/mol. The van der Waals surface area contributed by atoms with Crippen molar-refractivity contribution in [1.82, 2.24) is 14.9 Å². The summed E-state index contributed by atoms with van der Waals surface area (Å²) in [6.07, 6.45) is 7.47. The van der Waals surface area contributed by atoms with Crippen LogP contribution >= 0.6 is 0 Å². The third-order valence-electron chi connectivity index (χ3n) is 4.60. The zero-order valence-corrected chi connectivity index (χ0v) is 13.6. The zero-order valence-electron chi connectivity index (χ0n) is 13.6. The maximum Gasteiger partial charge on any atom is 0.275 e. The summed E-state index contributed by atoms with van der Waals surface area (Å²) < 4.78 is 5.48. The summed E-state index contributed by atoms with van der Waals surface area (Å²) in [7, 11) is 1.66. The highest BCUT2D eigenvalue weighted by Gasteiger charge is 2.37. The van der Waals surface area contributed by atoms with Gasteiger partial charge in [-0.25, -0.2) is 4.98 Å². The summed E-state index contributed by atoms with van der Waals surface area (Å²) in [6, 6.07) is 4.00. The molecule has 122 valence electrons. The summed E-state index contributed by atoms with van der Waals surface area (Å²) >= 11 is 0. The van der Waals surface area contributed by atoms with Crippen LogP contribution in [0.25, 0.3) is 6.08 Å². The fourth-order valence-electron chi connectivity index (χ4n) is 3.34. The third kappa shape index (κ3) is 2.22. The van der Waals surface area contributed by atoms with Crippen molar-refractivity contribution in [2.75, 3.05) is 19.0 Å². The summed E-state index contributed by atoms with van der Waals surface area (Å²) in [6.45, 7) is 2.74. The first-order chi connectivity index (χ1) is 11.7. The van der Waals surface area contributed by atoms with E-state index in [9.17, 15) is 4.79 Å². The molecule has 1 atom stereocenters. The summed E-state index contributed by atoms with van der Waals surface area (Å²) in [5.74, 6) is 0.670. The predicted octanol–water partition coefficient (Wildman–Crippen LogP) is 2.47. The van der Waals surface area contributed by atoms with Gasteiger partial charge in [-0.1, -0.05) is 6.07 Å². The Hall–Kier alpha value is -2.89. The summed E-state index contributed by atoms with van der Waals surface area (Å²) in [5, 5.41) is 3.48. The molecule has 1 aromatic heterocycles. The van der Waals surface area contributed by atoms with E-state index in [0.29, 0.717) is 12.2 Å². The number of nitrogens with zero attached hydrogens (tertiary/aromatic N) is 3. The molecule has 0 spiro atoms. The molecule has 1 unspecified atom stereocenters. The van der Waals surface area contributed by atoms with E-state index >= 15 is 0 Å². The van der Waals surface area contributed by atoms with Crippen molar-refractivity contribution in [3.8, 4) is 5.75 Å². The number of likely N-dealkylation sites (tertiary alicyclic amines) is 1. The average molecular weight is 322 g/mol. The Bertz CT molecular complexity index is 832. The number of anilines is 1. The van der Waals surface area contributed by atoms with Crippen LogP contribution in [0.4, 0.5) is 5.69 Å². The minimum Gasteiger partial charge on any atom is -0.495 e. The van der Waals surface area contributed by atoms with Crippen LogP contribution in [0, 0.1) is 6.92 Å².